The van der Waals surface area contributed by atoms with Crippen molar-refractivity contribution < 1.29 is 28.9 Å². The van der Waals surface area contributed by atoms with E-state index in [4.69, 9.17) is 14.2 Å². The molecule has 128 valence electrons. The number of aliphatic hydroxyl groups is 1. The first-order valence-electron chi connectivity index (χ1n) is 7.82. The molecule has 0 heterocycles. The van der Waals surface area contributed by atoms with Crippen molar-refractivity contribution in [2.45, 2.75) is 77.3 Å². The molecule has 0 bridgehead atoms. The largest absolute Gasteiger partial charge is 0.462 e. The minimum Gasteiger partial charge on any atom is -0.462 e. The molecule has 6 heteroatoms. The lowest BCUT2D eigenvalue weighted by molar-refractivity contribution is -0.225. The Morgan fingerprint density at radius 1 is 1.23 bits per heavy atom. The number of methoxy groups -OCH3 is 1. The number of rotatable bonds is 6. The van der Waals surface area contributed by atoms with Gasteiger partial charge in [-0.1, -0.05) is 19.8 Å². The molecule has 0 aliphatic heterocycles. The minimum atomic E-state index is -1.31. The van der Waals surface area contributed by atoms with Crippen LogP contribution in [0.5, 0.6) is 0 Å². The highest BCUT2D eigenvalue weighted by Gasteiger charge is 2.53. The van der Waals surface area contributed by atoms with Crippen LogP contribution in [0.15, 0.2) is 0 Å². The van der Waals surface area contributed by atoms with Gasteiger partial charge in [0.2, 0.25) is 0 Å². The summed E-state index contributed by atoms with van der Waals surface area (Å²) in [7, 11) is 1.52. The van der Waals surface area contributed by atoms with Gasteiger partial charge in [-0.05, 0) is 13.3 Å². The minimum absolute atomic E-state index is 0.113. The van der Waals surface area contributed by atoms with Crippen molar-refractivity contribution in [2.75, 3.05) is 7.11 Å². The summed E-state index contributed by atoms with van der Waals surface area (Å²) in [6.07, 6.45) is 1.20. The molecule has 1 saturated carbocycles. The number of hydrogen-bond donors (Lipinski definition) is 1. The SMILES string of the molecule is CCCC[C@H]1[C@@H](OC)[C@H](OC(C)=O)[C@](C)(O)C[C@H]1OC(C)=O. The molecule has 0 saturated heterocycles. The molecule has 1 aliphatic carbocycles. The zero-order valence-corrected chi connectivity index (χ0v) is 14.1. The predicted octanol–water partition coefficient (Wildman–Crippen LogP) is 1.83. The molecule has 0 spiro atoms. The zero-order valence-electron chi connectivity index (χ0n) is 14.1. The van der Waals surface area contributed by atoms with Crippen molar-refractivity contribution in [1.82, 2.24) is 0 Å². The number of ether oxygens (including phenoxy) is 3. The van der Waals surface area contributed by atoms with E-state index >= 15 is 0 Å². The highest BCUT2D eigenvalue weighted by molar-refractivity contribution is 5.67. The lowest BCUT2D eigenvalue weighted by atomic mass is 9.71. The van der Waals surface area contributed by atoms with E-state index in [0.29, 0.717) is 0 Å². The molecule has 1 N–H and O–H groups in total. The molecule has 1 aliphatic rings. The van der Waals surface area contributed by atoms with Crippen LogP contribution in [0.4, 0.5) is 0 Å². The normalized spacial score (nSPS) is 35.0. The van der Waals surface area contributed by atoms with E-state index in [1.807, 2.05) is 0 Å². The van der Waals surface area contributed by atoms with Crippen molar-refractivity contribution in [3.63, 3.8) is 0 Å². The van der Waals surface area contributed by atoms with Gasteiger partial charge in [0.1, 0.15) is 17.8 Å². The molecule has 0 radical (unpaired) electrons. The summed E-state index contributed by atoms with van der Waals surface area (Å²) in [4.78, 5) is 22.7. The van der Waals surface area contributed by atoms with Crippen LogP contribution in [0.25, 0.3) is 0 Å². The van der Waals surface area contributed by atoms with Gasteiger partial charge in [-0.15, -0.1) is 0 Å². The molecule has 6 nitrogen and oxygen atoms in total. The number of hydrogen-bond acceptors (Lipinski definition) is 6. The molecule has 1 rings (SSSR count). The van der Waals surface area contributed by atoms with Gasteiger partial charge in [0.05, 0.1) is 0 Å². The predicted molar refractivity (Wildman–Crippen MR) is 80.2 cm³/mol. The molecule has 22 heavy (non-hydrogen) atoms. The fourth-order valence-electron chi connectivity index (χ4n) is 3.27. The number of carbonyl (C=O) groups is 2. The zero-order chi connectivity index (χ0) is 16.9. The molecular formula is C16H28O6. The van der Waals surface area contributed by atoms with Crippen molar-refractivity contribution in [3.8, 4) is 0 Å². The summed E-state index contributed by atoms with van der Waals surface area (Å²) in [5.41, 5.74) is -1.31. The molecule has 0 unspecified atom stereocenters. The standard InChI is InChI=1S/C16H28O6/c1-6-7-8-12-13(21-10(2)17)9-16(4,19)15(14(12)20-5)22-11(3)18/h12-15,19H,6-9H2,1-5H3/t12-,13-,14-,15+,16-/m1/s1. The first-order chi connectivity index (χ1) is 10.2. The van der Waals surface area contributed by atoms with Crippen LogP contribution in [-0.2, 0) is 23.8 Å². The van der Waals surface area contributed by atoms with Crippen LogP contribution >= 0.6 is 0 Å². The van der Waals surface area contributed by atoms with Crippen molar-refractivity contribution in [3.05, 3.63) is 0 Å². The summed E-state index contributed by atoms with van der Waals surface area (Å²) >= 11 is 0. The van der Waals surface area contributed by atoms with E-state index < -0.39 is 29.9 Å². The van der Waals surface area contributed by atoms with Gasteiger partial charge in [-0.25, -0.2) is 0 Å². The summed E-state index contributed by atoms with van der Waals surface area (Å²) in [6, 6.07) is 0. The second-order valence-electron chi connectivity index (χ2n) is 6.25. The highest BCUT2D eigenvalue weighted by atomic mass is 16.6. The van der Waals surface area contributed by atoms with E-state index in [-0.39, 0.29) is 18.3 Å². The van der Waals surface area contributed by atoms with Crippen LogP contribution in [0, 0.1) is 5.92 Å². The lowest BCUT2D eigenvalue weighted by Gasteiger charge is -2.48. The van der Waals surface area contributed by atoms with Gasteiger partial charge in [0.25, 0.3) is 0 Å². The second-order valence-corrected chi connectivity index (χ2v) is 6.25. The van der Waals surface area contributed by atoms with Gasteiger partial charge < -0.3 is 19.3 Å². The molecule has 0 amide bonds. The summed E-state index contributed by atoms with van der Waals surface area (Å²) in [5, 5.41) is 10.7. The Morgan fingerprint density at radius 3 is 2.27 bits per heavy atom. The van der Waals surface area contributed by atoms with Gasteiger partial charge >= 0.3 is 11.9 Å². The van der Waals surface area contributed by atoms with Gasteiger partial charge in [-0.3, -0.25) is 9.59 Å². The average Bonchev–Trinajstić information content (AvgIpc) is 2.38. The van der Waals surface area contributed by atoms with Crippen molar-refractivity contribution >= 4 is 11.9 Å². The molecule has 0 aromatic carbocycles. The Labute approximate surface area is 132 Å². The highest BCUT2D eigenvalue weighted by Crippen LogP contribution is 2.40. The Hall–Kier alpha value is -1.14. The quantitative estimate of drug-likeness (QED) is 0.753. The molecule has 1 fully saturated rings. The van der Waals surface area contributed by atoms with Gasteiger partial charge in [-0.2, -0.15) is 0 Å². The summed E-state index contributed by atoms with van der Waals surface area (Å²) < 4.78 is 16.3. The fourth-order valence-corrected chi connectivity index (χ4v) is 3.27. The number of esters is 2. The molecule has 0 aromatic heterocycles. The summed E-state index contributed by atoms with van der Waals surface area (Å²) in [5.74, 6) is -0.964. The third-order valence-corrected chi connectivity index (χ3v) is 4.20. The van der Waals surface area contributed by atoms with Crippen molar-refractivity contribution in [1.29, 1.82) is 0 Å². The van der Waals surface area contributed by atoms with Crippen LogP contribution in [0.1, 0.15) is 53.4 Å². The van der Waals surface area contributed by atoms with Crippen LogP contribution in [-0.4, -0.2) is 48.1 Å². The maximum atomic E-state index is 11.4. The fraction of sp³-hybridized carbons (Fsp3) is 0.875. The third kappa shape index (κ3) is 4.68. The van der Waals surface area contributed by atoms with E-state index in [2.05, 4.69) is 6.92 Å². The Kier molecular flexibility index (Phi) is 6.81. The average molecular weight is 316 g/mol. The van der Waals surface area contributed by atoms with Gasteiger partial charge in [0, 0.05) is 33.3 Å². The van der Waals surface area contributed by atoms with Crippen molar-refractivity contribution in [2.24, 2.45) is 5.92 Å². The summed E-state index contributed by atoms with van der Waals surface area (Å²) in [6.45, 7) is 6.32. The Balaban J connectivity index is 3.07. The van der Waals surface area contributed by atoms with Crippen LogP contribution in [0.2, 0.25) is 0 Å². The monoisotopic (exact) mass is 316 g/mol. The topological polar surface area (TPSA) is 82.1 Å². The molecule has 0 aromatic rings. The van der Waals surface area contributed by atoms with Gasteiger partial charge in [0.15, 0.2) is 6.10 Å². The van der Waals surface area contributed by atoms with Crippen LogP contribution in [0.3, 0.4) is 0 Å². The van der Waals surface area contributed by atoms with Crippen LogP contribution < -0.4 is 0 Å². The Bertz CT molecular complexity index is 392. The third-order valence-electron chi connectivity index (χ3n) is 4.20. The first kappa shape index (κ1) is 18.9. The molecular weight excluding hydrogens is 288 g/mol. The maximum Gasteiger partial charge on any atom is 0.303 e. The smallest absolute Gasteiger partial charge is 0.303 e. The number of carbonyl (C=O) groups excluding carboxylic acids is 2. The first-order valence-corrected chi connectivity index (χ1v) is 7.82. The van der Waals surface area contributed by atoms with E-state index in [9.17, 15) is 14.7 Å². The second kappa shape index (κ2) is 7.92. The van der Waals surface area contributed by atoms with E-state index in [1.165, 1.54) is 21.0 Å². The Morgan fingerprint density at radius 2 is 1.82 bits per heavy atom. The number of unbranched alkanes of at least 4 members (excludes halogenated alkanes) is 1. The lowest BCUT2D eigenvalue weighted by Crippen LogP contribution is -2.61. The maximum absolute atomic E-state index is 11.4. The van der Waals surface area contributed by atoms with E-state index in [0.717, 1.165) is 19.3 Å². The molecule has 5 atom stereocenters. The van der Waals surface area contributed by atoms with E-state index in [1.54, 1.807) is 6.92 Å².